The van der Waals surface area contributed by atoms with E-state index in [1.54, 1.807) is 6.20 Å². The third-order valence-corrected chi connectivity index (χ3v) is 4.86. The van der Waals surface area contributed by atoms with Crippen LogP contribution in [0.4, 0.5) is 0 Å². The topological polar surface area (TPSA) is 54.9 Å². The predicted molar refractivity (Wildman–Crippen MR) is 93.7 cm³/mol. The van der Waals surface area contributed by atoms with Gasteiger partial charge < -0.3 is 5.32 Å². The first-order chi connectivity index (χ1) is 11.2. The van der Waals surface area contributed by atoms with Gasteiger partial charge in [0.15, 0.2) is 0 Å². The zero-order chi connectivity index (χ0) is 16.1. The van der Waals surface area contributed by atoms with Gasteiger partial charge in [-0.1, -0.05) is 30.3 Å². The number of hydrogen-bond donors (Lipinski definition) is 1. The van der Waals surface area contributed by atoms with Crippen LogP contribution in [-0.2, 0) is 5.75 Å². The molecule has 1 aliphatic rings. The monoisotopic (exact) mass is 327 g/mol. The van der Waals surface area contributed by atoms with Crippen LogP contribution < -0.4 is 5.32 Å². The maximum atomic E-state index is 12.2. The first-order valence-electron chi connectivity index (χ1n) is 7.97. The van der Waals surface area contributed by atoms with Crippen LogP contribution in [-0.4, -0.2) is 28.2 Å². The molecule has 5 heteroatoms. The summed E-state index contributed by atoms with van der Waals surface area (Å²) < 4.78 is 0. The van der Waals surface area contributed by atoms with Crippen LogP contribution in [0.1, 0.15) is 46.2 Å². The Labute approximate surface area is 141 Å². The molecule has 120 valence electrons. The maximum Gasteiger partial charge on any atom is 0.254 e. The van der Waals surface area contributed by atoms with Crippen molar-refractivity contribution >= 4 is 17.7 Å². The predicted octanol–water partition coefficient (Wildman–Crippen LogP) is 3.33. The summed E-state index contributed by atoms with van der Waals surface area (Å²) >= 11 is 1.82. The minimum absolute atomic E-state index is 0.0786. The van der Waals surface area contributed by atoms with Crippen molar-refractivity contribution in [2.75, 3.05) is 12.3 Å². The summed E-state index contributed by atoms with van der Waals surface area (Å²) in [5.41, 5.74) is 2.67. The fraction of sp³-hybridized carbons (Fsp3) is 0.389. The van der Waals surface area contributed by atoms with Crippen LogP contribution in [0.2, 0.25) is 0 Å². The SMILES string of the molecule is Cc1nc(C2CC2)ncc1C(=O)NCCSCc1ccccc1. The van der Waals surface area contributed by atoms with Gasteiger partial charge in [-0.3, -0.25) is 4.79 Å². The Kier molecular flexibility index (Phi) is 5.28. The van der Waals surface area contributed by atoms with Crippen molar-refractivity contribution in [2.24, 2.45) is 0 Å². The highest BCUT2D eigenvalue weighted by molar-refractivity contribution is 7.98. The Morgan fingerprint density at radius 3 is 2.78 bits per heavy atom. The van der Waals surface area contributed by atoms with Gasteiger partial charge in [0.25, 0.3) is 5.91 Å². The maximum absolute atomic E-state index is 12.2. The molecule has 2 aromatic rings. The summed E-state index contributed by atoms with van der Waals surface area (Å²) in [5, 5.41) is 2.95. The molecule has 1 aromatic heterocycles. The van der Waals surface area contributed by atoms with E-state index in [1.807, 2.05) is 36.9 Å². The van der Waals surface area contributed by atoms with E-state index >= 15 is 0 Å². The number of hydrogen-bond acceptors (Lipinski definition) is 4. The van der Waals surface area contributed by atoms with Crippen molar-refractivity contribution < 1.29 is 4.79 Å². The minimum Gasteiger partial charge on any atom is -0.351 e. The van der Waals surface area contributed by atoms with Gasteiger partial charge in [0.2, 0.25) is 0 Å². The third kappa shape index (κ3) is 4.55. The summed E-state index contributed by atoms with van der Waals surface area (Å²) in [4.78, 5) is 21.0. The molecule has 0 saturated heterocycles. The van der Waals surface area contributed by atoms with Gasteiger partial charge in [-0.15, -0.1) is 0 Å². The number of thioether (sulfide) groups is 1. The number of carbonyl (C=O) groups excluding carboxylic acids is 1. The van der Waals surface area contributed by atoms with E-state index in [1.165, 1.54) is 18.4 Å². The number of benzene rings is 1. The van der Waals surface area contributed by atoms with E-state index < -0.39 is 0 Å². The molecular weight excluding hydrogens is 306 g/mol. The first-order valence-corrected chi connectivity index (χ1v) is 9.13. The van der Waals surface area contributed by atoms with Crippen LogP contribution in [0.15, 0.2) is 36.5 Å². The van der Waals surface area contributed by atoms with Crippen LogP contribution in [0.25, 0.3) is 0 Å². The van der Waals surface area contributed by atoms with E-state index in [0.29, 0.717) is 18.0 Å². The molecule has 0 atom stereocenters. The highest BCUT2D eigenvalue weighted by Crippen LogP contribution is 2.37. The number of amides is 1. The second-order valence-electron chi connectivity index (χ2n) is 5.80. The Bertz CT molecular complexity index is 671. The van der Waals surface area contributed by atoms with Crippen LogP contribution >= 0.6 is 11.8 Å². The summed E-state index contributed by atoms with van der Waals surface area (Å²) in [5.74, 6) is 3.18. The summed E-state index contributed by atoms with van der Waals surface area (Å²) in [6.07, 6.45) is 4.01. The number of aryl methyl sites for hydroxylation is 1. The normalized spacial score (nSPS) is 13.8. The van der Waals surface area contributed by atoms with E-state index in [2.05, 4.69) is 27.4 Å². The van der Waals surface area contributed by atoms with E-state index in [0.717, 1.165) is 23.0 Å². The van der Waals surface area contributed by atoms with Gasteiger partial charge in [0.1, 0.15) is 5.82 Å². The second-order valence-corrected chi connectivity index (χ2v) is 6.90. The highest BCUT2D eigenvalue weighted by atomic mass is 32.2. The second kappa shape index (κ2) is 7.59. The molecule has 23 heavy (non-hydrogen) atoms. The summed E-state index contributed by atoms with van der Waals surface area (Å²) in [6.45, 7) is 2.53. The lowest BCUT2D eigenvalue weighted by Crippen LogP contribution is -2.27. The number of rotatable bonds is 7. The molecule has 0 bridgehead atoms. The van der Waals surface area contributed by atoms with E-state index in [4.69, 9.17) is 0 Å². The van der Waals surface area contributed by atoms with Crippen LogP contribution in [0, 0.1) is 6.92 Å². The molecule has 1 aliphatic carbocycles. The van der Waals surface area contributed by atoms with Gasteiger partial charge in [-0.25, -0.2) is 9.97 Å². The summed E-state index contributed by atoms with van der Waals surface area (Å²) in [7, 11) is 0. The molecule has 0 spiro atoms. The quantitative estimate of drug-likeness (QED) is 0.793. The number of nitrogens with one attached hydrogen (secondary N) is 1. The fourth-order valence-corrected chi connectivity index (χ4v) is 3.16. The zero-order valence-corrected chi connectivity index (χ0v) is 14.1. The molecule has 1 heterocycles. The Morgan fingerprint density at radius 2 is 2.09 bits per heavy atom. The van der Waals surface area contributed by atoms with Gasteiger partial charge >= 0.3 is 0 Å². The van der Waals surface area contributed by atoms with E-state index in [9.17, 15) is 4.79 Å². The average Bonchev–Trinajstić information content (AvgIpc) is 3.40. The van der Waals surface area contributed by atoms with Gasteiger partial charge in [0, 0.05) is 30.2 Å². The molecule has 1 fully saturated rings. The van der Waals surface area contributed by atoms with Crippen molar-refractivity contribution in [1.29, 1.82) is 0 Å². The van der Waals surface area contributed by atoms with Gasteiger partial charge in [-0.2, -0.15) is 11.8 Å². The molecule has 0 radical (unpaired) electrons. The standard InChI is InChI=1S/C18H21N3OS/c1-13-16(11-20-17(21-13)15-7-8-15)18(22)19-9-10-23-12-14-5-3-2-4-6-14/h2-6,11,15H,7-10,12H2,1H3,(H,19,22). The largest absolute Gasteiger partial charge is 0.351 e. The number of nitrogens with zero attached hydrogens (tertiary/aromatic N) is 2. The molecular formula is C18H21N3OS. The molecule has 1 amide bonds. The molecule has 3 rings (SSSR count). The molecule has 1 N–H and O–H groups in total. The third-order valence-electron chi connectivity index (χ3n) is 3.83. The van der Waals surface area contributed by atoms with Crippen LogP contribution in [0.5, 0.6) is 0 Å². The molecule has 0 unspecified atom stereocenters. The number of carbonyl (C=O) groups is 1. The minimum atomic E-state index is -0.0786. The average molecular weight is 327 g/mol. The highest BCUT2D eigenvalue weighted by Gasteiger charge is 2.27. The Hall–Kier alpha value is -1.88. The van der Waals surface area contributed by atoms with Gasteiger partial charge in [-0.05, 0) is 25.3 Å². The first kappa shape index (κ1) is 16.0. The lowest BCUT2D eigenvalue weighted by molar-refractivity contribution is 0.0954. The Balaban J connectivity index is 1.42. The van der Waals surface area contributed by atoms with Crippen molar-refractivity contribution in [3.63, 3.8) is 0 Å². The fourth-order valence-electron chi connectivity index (χ4n) is 2.34. The molecule has 1 saturated carbocycles. The lowest BCUT2D eigenvalue weighted by Gasteiger charge is -2.08. The molecule has 1 aromatic carbocycles. The zero-order valence-electron chi connectivity index (χ0n) is 13.3. The van der Waals surface area contributed by atoms with Crippen molar-refractivity contribution in [1.82, 2.24) is 15.3 Å². The lowest BCUT2D eigenvalue weighted by atomic mass is 10.2. The van der Waals surface area contributed by atoms with Crippen molar-refractivity contribution in [2.45, 2.75) is 31.4 Å². The van der Waals surface area contributed by atoms with Crippen molar-refractivity contribution in [3.8, 4) is 0 Å². The van der Waals surface area contributed by atoms with Crippen LogP contribution in [0.3, 0.4) is 0 Å². The van der Waals surface area contributed by atoms with E-state index in [-0.39, 0.29) is 5.91 Å². The summed E-state index contributed by atoms with van der Waals surface area (Å²) in [6, 6.07) is 10.4. The smallest absolute Gasteiger partial charge is 0.254 e. The number of aromatic nitrogens is 2. The molecule has 4 nitrogen and oxygen atoms in total. The Morgan fingerprint density at radius 1 is 1.30 bits per heavy atom. The van der Waals surface area contributed by atoms with Crippen molar-refractivity contribution in [3.05, 3.63) is 59.2 Å². The molecule has 0 aliphatic heterocycles. The van der Waals surface area contributed by atoms with Gasteiger partial charge in [0.05, 0.1) is 11.3 Å².